The fourth-order valence-corrected chi connectivity index (χ4v) is 3.20. The second-order valence-electron chi connectivity index (χ2n) is 6.21. The Morgan fingerprint density at radius 2 is 1.92 bits per heavy atom. The molecule has 0 fully saturated rings. The normalized spacial score (nSPS) is 15.3. The van der Waals surface area contributed by atoms with E-state index in [4.69, 9.17) is 19.2 Å². The number of hydrogen-bond acceptors (Lipinski definition) is 5. The predicted octanol–water partition coefficient (Wildman–Crippen LogP) is 0.693. The number of benzene rings is 1. The Morgan fingerprint density at radius 1 is 1.24 bits per heavy atom. The first-order chi connectivity index (χ1) is 11.4. The lowest BCUT2D eigenvalue weighted by Gasteiger charge is -2.31. The molecule has 1 heterocycles. The molecule has 1 unspecified atom stereocenters. The van der Waals surface area contributed by atoms with E-state index in [-0.39, 0.29) is 17.0 Å². The predicted molar refractivity (Wildman–Crippen MR) is 87.4 cm³/mol. The number of aromatic amines is 1. The molecule has 1 atom stereocenters. The summed E-state index contributed by atoms with van der Waals surface area (Å²) >= 11 is 0. The molecule has 0 radical (unpaired) electrons. The SMILES string of the molecule is C[N+](C)(CCc1c[nH]c2cccc(OP(=O)(O)O)c12)COP(=O)([O-])O. The van der Waals surface area contributed by atoms with Crippen molar-refractivity contribution in [1.82, 2.24) is 4.98 Å². The zero-order chi connectivity index (χ0) is 18.9. The molecule has 2 aromatic rings. The molecule has 0 spiro atoms. The Bertz CT molecular complexity index is 838. The van der Waals surface area contributed by atoms with Crippen LogP contribution in [0.2, 0.25) is 0 Å². The molecular weight excluding hydrogens is 374 g/mol. The third-order valence-electron chi connectivity index (χ3n) is 3.52. The summed E-state index contributed by atoms with van der Waals surface area (Å²) in [7, 11) is -6.05. The third-order valence-corrected chi connectivity index (χ3v) is 4.40. The minimum Gasteiger partial charge on any atom is -0.756 e. The van der Waals surface area contributed by atoms with Gasteiger partial charge >= 0.3 is 7.82 Å². The van der Waals surface area contributed by atoms with Gasteiger partial charge in [-0.3, -0.25) is 18.9 Å². The molecule has 10 nitrogen and oxygen atoms in total. The molecular formula is C13H20N2O8P2. The van der Waals surface area contributed by atoms with Crippen LogP contribution in [0.3, 0.4) is 0 Å². The van der Waals surface area contributed by atoms with E-state index in [2.05, 4.69) is 9.51 Å². The minimum absolute atomic E-state index is 0.0584. The fraction of sp³-hybridized carbons (Fsp3) is 0.385. The molecule has 0 aliphatic heterocycles. The quantitative estimate of drug-likeness (QED) is 0.290. The Hall–Kier alpha value is -1.22. The summed E-state index contributed by atoms with van der Waals surface area (Å²) in [5.74, 6) is 0.0584. The second kappa shape index (κ2) is 7.19. The molecule has 4 N–H and O–H groups in total. The van der Waals surface area contributed by atoms with Crippen molar-refractivity contribution in [2.24, 2.45) is 0 Å². The summed E-state index contributed by atoms with van der Waals surface area (Å²) in [5, 5.41) is 0.545. The van der Waals surface area contributed by atoms with Gasteiger partial charge in [-0.2, -0.15) is 0 Å². The Kier molecular flexibility index (Phi) is 5.78. The molecule has 0 saturated carbocycles. The van der Waals surface area contributed by atoms with Gasteiger partial charge in [-0.1, -0.05) is 6.07 Å². The van der Waals surface area contributed by atoms with Gasteiger partial charge in [0.2, 0.25) is 0 Å². The number of quaternary nitrogens is 1. The van der Waals surface area contributed by atoms with Crippen LogP contribution in [0.5, 0.6) is 5.75 Å². The molecule has 0 bridgehead atoms. The van der Waals surface area contributed by atoms with E-state index < -0.39 is 15.6 Å². The largest absolute Gasteiger partial charge is 0.756 e. The number of fused-ring (bicyclic) bond motifs is 1. The van der Waals surface area contributed by atoms with Gasteiger partial charge in [0, 0.05) is 23.5 Å². The van der Waals surface area contributed by atoms with Crippen LogP contribution >= 0.6 is 15.6 Å². The van der Waals surface area contributed by atoms with Crippen molar-refractivity contribution in [2.75, 3.05) is 27.4 Å². The highest BCUT2D eigenvalue weighted by molar-refractivity contribution is 7.46. The van der Waals surface area contributed by atoms with Gasteiger partial charge in [0.15, 0.2) is 6.73 Å². The molecule has 0 amide bonds. The van der Waals surface area contributed by atoms with Crippen molar-refractivity contribution in [3.8, 4) is 5.75 Å². The second-order valence-corrected chi connectivity index (χ2v) is 8.57. The standard InChI is InChI=1S/C13H20N2O8P2/c1-15(2,9-22-24(16,17)18)7-6-10-8-14-11-4-3-5-12(13(10)11)23-25(19,20)21/h3-5,8,14H,6-7,9H2,1-2H3,(H3-,16,17,18,19,20,21). The van der Waals surface area contributed by atoms with Crippen LogP contribution in [-0.2, 0) is 20.1 Å². The Labute approximate surface area is 144 Å². The topological polar surface area (TPSA) is 152 Å². The van der Waals surface area contributed by atoms with Crippen LogP contribution in [-0.4, -0.2) is 51.5 Å². The summed E-state index contributed by atoms with van der Waals surface area (Å²) in [6, 6.07) is 4.81. The van der Waals surface area contributed by atoms with Gasteiger partial charge in [0.1, 0.15) is 5.75 Å². The zero-order valence-corrected chi connectivity index (χ0v) is 15.4. The van der Waals surface area contributed by atoms with Crippen molar-refractivity contribution in [3.63, 3.8) is 0 Å². The van der Waals surface area contributed by atoms with Crippen molar-refractivity contribution in [1.29, 1.82) is 0 Å². The molecule has 2 rings (SSSR count). The number of phosphoric ester groups is 2. The van der Waals surface area contributed by atoms with Crippen LogP contribution in [0.1, 0.15) is 5.56 Å². The lowest BCUT2D eigenvalue weighted by atomic mass is 10.1. The van der Waals surface area contributed by atoms with Crippen LogP contribution in [0, 0.1) is 0 Å². The molecule has 25 heavy (non-hydrogen) atoms. The maximum absolute atomic E-state index is 11.1. The number of nitrogens with one attached hydrogen (secondary N) is 1. The van der Waals surface area contributed by atoms with Crippen LogP contribution in [0.25, 0.3) is 10.9 Å². The van der Waals surface area contributed by atoms with E-state index in [1.807, 2.05) is 0 Å². The molecule has 0 aliphatic carbocycles. The van der Waals surface area contributed by atoms with Gasteiger partial charge < -0.3 is 23.8 Å². The maximum atomic E-state index is 11.1. The van der Waals surface area contributed by atoms with Gasteiger partial charge in [-0.05, 0) is 17.7 Å². The third kappa shape index (κ3) is 6.22. The highest BCUT2D eigenvalue weighted by atomic mass is 31.2. The average Bonchev–Trinajstić information content (AvgIpc) is 2.85. The summed E-state index contributed by atoms with van der Waals surface area (Å²) in [4.78, 5) is 40.5. The number of likely N-dealkylation sites (N-methyl/N-ethyl adjacent to an activating group) is 1. The molecule has 0 aliphatic rings. The van der Waals surface area contributed by atoms with E-state index in [9.17, 15) is 14.0 Å². The van der Waals surface area contributed by atoms with Gasteiger partial charge in [-0.25, -0.2) is 4.57 Å². The molecule has 0 saturated heterocycles. The summed E-state index contributed by atoms with van der Waals surface area (Å²) in [6.45, 7) is 0.197. The van der Waals surface area contributed by atoms with Gasteiger partial charge in [-0.15, -0.1) is 0 Å². The summed E-state index contributed by atoms with van der Waals surface area (Å²) in [6.07, 6.45) is 2.15. The first kappa shape index (κ1) is 20.1. The van der Waals surface area contributed by atoms with E-state index >= 15 is 0 Å². The average molecular weight is 394 g/mol. The first-order valence-electron chi connectivity index (χ1n) is 7.21. The van der Waals surface area contributed by atoms with E-state index in [1.54, 1.807) is 32.4 Å². The Morgan fingerprint density at radius 3 is 2.52 bits per heavy atom. The van der Waals surface area contributed by atoms with Crippen LogP contribution in [0.4, 0.5) is 0 Å². The molecule has 140 valence electrons. The minimum atomic E-state index is -4.79. The van der Waals surface area contributed by atoms with Crippen molar-refractivity contribution < 1.29 is 42.2 Å². The number of aromatic nitrogens is 1. The maximum Gasteiger partial charge on any atom is 0.524 e. The summed E-state index contributed by atoms with van der Waals surface area (Å²) < 4.78 is 31.2. The van der Waals surface area contributed by atoms with Gasteiger partial charge in [0.05, 0.1) is 20.6 Å². The highest BCUT2D eigenvalue weighted by Crippen LogP contribution is 2.41. The monoisotopic (exact) mass is 394 g/mol. The number of hydrogen-bond donors (Lipinski definition) is 4. The zero-order valence-electron chi connectivity index (χ0n) is 13.7. The number of rotatable bonds is 8. The lowest BCUT2D eigenvalue weighted by molar-refractivity contribution is -0.906. The summed E-state index contributed by atoms with van der Waals surface area (Å²) in [5.41, 5.74) is 1.40. The van der Waals surface area contributed by atoms with Crippen molar-refractivity contribution in [3.05, 3.63) is 30.0 Å². The number of H-pyrrole nitrogens is 1. The van der Waals surface area contributed by atoms with E-state index in [1.165, 1.54) is 6.07 Å². The van der Waals surface area contributed by atoms with Crippen molar-refractivity contribution in [2.45, 2.75) is 6.42 Å². The van der Waals surface area contributed by atoms with Crippen LogP contribution < -0.4 is 9.42 Å². The first-order valence-corrected chi connectivity index (χ1v) is 10.2. The van der Waals surface area contributed by atoms with Crippen molar-refractivity contribution >= 4 is 26.5 Å². The number of nitrogens with zero attached hydrogens (tertiary/aromatic N) is 1. The molecule has 1 aromatic heterocycles. The van der Waals surface area contributed by atoms with E-state index in [0.29, 0.717) is 23.9 Å². The fourth-order valence-electron chi connectivity index (χ4n) is 2.34. The Balaban J connectivity index is 2.19. The molecule has 1 aromatic carbocycles. The van der Waals surface area contributed by atoms with Crippen LogP contribution in [0.15, 0.2) is 24.4 Å². The molecule has 12 heteroatoms. The highest BCUT2D eigenvalue weighted by Gasteiger charge is 2.22. The van der Waals surface area contributed by atoms with Gasteiger partial charge in [0.25, 0.3) is 7.82 Å². The lowest BCUT2D eigenvalue weighted by Crippen LogP contribution is -2.43. The van der Waals surface area contributed by atoms with E-state index in [0.717, 1.165) is 5.56 Å². The number of phosphoric acid groups is 2. The smallest absolute Gasteiger partial charge is 0.524 e.